The topological polar surface area (TPSA) is 40.5 Å². The van der Waals surface area contributed by atoms with Gasteiger partial charge in [-0.05, 0) is 37.5 Å². The summed E-state index contributed by atoms with van der Waals surface area (Å²) >= 11 is 0. The van der Waals surface area contributed by atoms with Gasteiger partial charge in [-0.3, -0.25) is 4.79 Å². The van der Waals surface area contributed by atoms with Crippen LogP contribution >= 0.6 is 0 Å². The van der Waals surface area contributed by atoms with Crippen molar-refractivity contribution >= 4 is 5.91 Å². The van der Waals surface area contributed by atoms with Crippen LogP contribution in [-0.2, 0) is 11.0 Å². The van der Waals surface area contributed by atoms with E-state index in [1.807, 2.05) is 6.92 Å². The molecule has 0 aliphatic carbocycles. The number of hydrogen-bond donors (Lipinski definition) is 1. The molecule has 1 amide bonds. The average Bonchev–Trinajstić information content (AvgIpc) is 2.88. The third kappa shape index (κ3) is 3.93. The molecule has 2 atom stereocenters. The predicted octanol–water partition coefficient (Wildman–Crippen LogP) is 3.70. The van der Waals surface area contributed by atoms with E-state index in [1.54, 1.807) is 19.1 Å². The molecule has 0 bridgehead atoms. The van der Waals surface area contributed by atoms with Gasteiger partial charge in [0, 0.05) is 12.1 Å². The standard InChI is InChI=1S/C17H20F3NO2/c1-3-5-11(2)16(23)21-10-14(22)9-15(21)12-6-4-7-13(8-12)17(18,19)20/h4-8,14-15,22H,3,9-10H2,1-2H3/b11-5-. The van der Waals surface area contributed by atoms with Gasteiger partial charge in [0.15, 0.2) is 0 Å². The van der Waals surface area contributed by atoms with E-state index in [2.05, 4.69) is 0 Å². The Morgan fingerprint density at radius 1 is 1.43 bits per heavy atom. The first-order valence-corrected chi connectivity index (χ1v) is 7.57. The Morgan fingerprint density at radius 3 is 2.74 bits per heavy atom. The molecule has 6 heteroatoms. The van der Waals surface area contributed by atoms with Crippen LogP contribution in [0.25, 0.3) is 0 Å². The van der Waals surface area contributed by atoms with Crippen LogP contribution in [0.4, 0.5) is 13.2 Å². The summed E-state index contributed by atoms with van der Waals surface area (Å²) in [5.74, 6) is -0.245. The van der Waals surface area contributed by atoms with E-state index in [0.717, 1.165) is 12.1 Å². The summed E-state index contributed by atoms with van der Waals surface area (Å²) in [5.41, 5.74) is 0.192. The molecule has 1 heterocycles. The molecule has 0 saturated carbocycles. The van der Waals surface area contributed by atoms with Crippen LogP contribution in [0.15, 0.2) is 35.9 Å². The van der Waals surface area contributed by atoms with E-state index < -0.39 is 23.9 Å². The van der Waals surface area contributed by atoms with Crippen LogP contribution in [0.2, 0.25) is 0 Å². The zero-order valence-corrected chi connectivity index (χ0v) is 13.1. The minimum atomic E-state index is -4.43. The van der Waals surface area contributed by atoms with E-state index in [9.17, 15) is 23.1 Å². The number of aliphatic hydroxyl groups excluding tert-OH is 1. The van der Waals surface area contributed by atoms with E-state index in [1.165, 1.54) is 11.0 Å². The third-order valence-corrected chi connectivity index (χ3v) is 3.99. The smallest absolute Gasteiger partial charge is 0.391 e. The maximum absolute atomic E-state index is 12.9. The Balaban J connectivity index is 2.33. The number of allylic oxidation sites excluding steroid dienone is 1. The summed E-state index contributed by atoms with van der Waals surface area (Å²) in [6.07, 6.45) is -2.45. The van der Waals surface area contributed by atoms with Crippen molar-refractivity contribution in [2.75, 3.05) is 6.54 Å². The van der Waals surface area contributed by atoms with E-state index in [4.69, 9.17) is 0 Å². The van der Waals surface area contributed by atoms with Gasteiger partial charge < -0.3 is 10.0 Å². The highest BCUT2D eigenvalue weighted by molar-refractivity contribution is 5.93. The molecule has 3 nitrogen and oxygen atoms in total. The lowest BCUT2D eigenvalue weighted by molar-refractivity contribution is -0.137. The number of benzene rings is 1. The molecule has 1 N–H and O–H groups in total. The number of likely N-dealkylation sites (tertiary alicyclic amines) is 1. The summed E-state index contributed by atoms with van der Waals surface area (Å²) < 4.78 is 38.6. The Kier molecular flexibility index (Phi) is 5.14. The first kappa shape index (κ1) is 17.5. The van der Waals surface area contributed by atoms with E-state index >= 15 is 0 Å². The van der Waals surface area contributed by atoms with Gasteiger partial charge in [0.2, 0.25) is 5.91 Å². The van der Waals surface area contributed by atoms with Crippen LogP contribution in [0.5, 0.6) is 0 Å². The molecule has 1 saturated heterocycles. The zero-order valence-electron chi connectivity index (χ0n) is 13.1. The largest absolute Gasteiger partial charge is 0.416 e. The lowest BCUT2D eigenvalue weighted by Gasteiger charge is -2.25. The molecule has 2 rings (SSSR count). The van der Waals surface area contributed by atoms with Gasteiger partial charge in [-0.1, -0.05) is 25.1 Å². The SMILES string of the molecule is CC/C=C(/C)C(=O)N1CC(O)CC1c1cccc(C(F)(F)F)c1. The highest BCUT2D eigenvalue weighted by atomic mass is 19.4. The number of carbonyl (C=O) groups excluding carboxylic acids is 1. The molecule has 1 aromatic carbocycles. The predicted molar refractivity (Wildman–Crippen MR) is 80.6 cm³/mol. The Labute approximate surface area is 133 Å². The first-order valence-electron chi connectivity index (χ1n) is 7.57. The molecule has 0 radical (unpaired) electrons. The number of carbonyl (C=O) groups is 1. The fraction of sp³-hybridized carbons (Fsp3) is 0.471. The maximum atomic E-state index is 12.9. The first-order chi connectivity index (χ1) is 10.7. The minimum Gasteiger partial charge on any atom is -0.391 e. The summed E-state index contributed by atoms with van der Waals surface area (Å²) in [5, 5.41) is 9.89. The summed E-state index contributed by atoms with van der Waals surface area (Å²) in [7, 11) is 0. The van der Waals surface area contributed by atoms with Crippen LogP contribution < -0.4 is 0 Å². The van der Waals surface area contributed by atoms with Gasteiger partial charge in [-0.25, -0.2) is 0 Å². The second-order valence-electron chi connectivity index (χ2n) is 5.78. The van der Waals surface area contributed by atoms with Gasteiger partial charge >= 0.3 is 6.18 Å². The summed E-state index contributed by atoms with van der Waals surface area (Å²) in [6.45, 7) is 3.72. The van der Waals surface area contributed by atoms with Gasteiger partial charge in [-0.15, -0.1) is 0 Å². The molecule has 2 unspecified atom stereocenters. The monoisotopic (exact) mass is 327 g/mol. The Morgan fingerprint density at radius 2 is 2.13 bits per heavy atom. The Hall–Kier alpha value is -1.82. The number of amides is 1. The van der Waals surface area contributed by atoms with Crippen LogP contribution in [0, 0.1) is 0 Å². The van der Waals surface area contributed by atoms with Crippen molar-refractivity contribution in [2.24, 2.45) is 0 Å². The van der Waals surface area contributed by atoms with E-state index in [-0.39, 0.29) is 18.9 Å². The fourth-order valence-electron chi connectivity index (χ4n) is 2.90. The number of halogens is 3. The lowest BCUT2D eigenvalue weighted by Crippen LogP contribution is -2.32. The number of alkyl halides is 3. The summed E-state index contributed by atoms with van der Waals surface area (Å²) in [6, 6.07) is 4.42. The molecule has 0 spiro atoms. The number of rotatable bonds is 3. The van der Waals surface area contributed by atoms with Crippen LogP contribution in [0.1, 0.15) is 43.9 Å². The minimum absolute atomic E-state index is 0.134. The molecule has 23 heavy (non-hydrogen) atoms. The second kappa shape index (κ2) is 6.74. The molecule has 0 aromatic heterocycles. The van der Waals surface area contributed by atoms with Crippen molar-refractivity contribution < 1.29 is 23.1 Å². The van der Waals surface area contributed by atoms with Crippen molar-refractivity contribution in [2.45, 2.75) is 45.0 Å². The summed E-state index contributed by atoms with van der Waals surface area (Å²) in [4.78, 5) is 13.9. The third-order valence-electron chi connectivity index (χ3n) is 3.99. The fourth-order valence-corrected chi connectivity index (χ4v) is 2.90. The molecule has 1 aliphatic heterocycles. The maximum Gasteiger partial charge on any atom is 0.416 e. The van der Waals surface area contributed by atoms with Crippen molar-refractivity contribution in [1.29, 1.82) is 0 Å². The molecule has 1 aliphatic rings. The zero-order chi connectivity index (χ0) is 17.2. The van der Waals surface area contributed by atoms with Crippen LogP contribution in [0.3, 0.4) is 0 Å². The molecule has 1 fully saturated rings. The van der Waals surface area contributed by atoms with Gasteiger partial charge in [0.1, 0.15) is 0 Å². The van der Waals surface area contributed by atoms with Crippen molar-refractivity contribution in [1.82, 2.24) is 4.90 Å². The second-order valence-corrected chi connectivity index (χ2v) is 5.78. The normalized spacial score (nSPS) is 22.5. The molecule has 126 valence electrons. The quantitative estimate of drug-likeness (QED) is 0.860. The van der Waals surface area contributed by atoms with Crippen molar-refractivity contribution in [3.8, 4) is 0 Å². The van der Waals surface area contributed by atoms with Gasteiger partial charge in [0.25, 0.3) is 0 Å². The molecule has 1 aromatic rings. The highest BCUT2D eigenvalue weighted by Gasteiger charge is 2.37. The lowest BCUT2D eigenvalue weighted by atomic mass is 10.0. The molecular formula is C17H20F3NO2. The van der Waals surface area contributed by atoms with Crippen molar-refractivity contribution in [3.63, 3.8) is 0 Å². The van der Waals surface area contributed by atoms with Crippen molar-refractivity contribution in [3.05, 3.63) is 47.0 Å². The number of nitrogens with zero attached hydrogens (tertiary/aromatic N) is 1. The highest BCUT2D eigenvalue weighted by Crippen LogP contribution is 2.36. The number of hydrogen-bond acceptors (Lipinski definition) is 2. The van der Waals surface area contributed by atoms with E-state index in [0.29, 0.717) is 17.6 Å². The van der Waals surface area contributed by atoms with Gasteiger partial charge in [-0.2, -0.15) is 13.2 Å². The Bertz CT molecular complexity index is 610. The average molecular weight is 327 g/mol. The van der Waals surface area contributed by atoms with Crippen LogP contribution in [-0.4, -0.2) is 28.6 Å². The molecular weight excluding hydrogens is 307 g/mol. The number of β-amino-alcohol motifs (C(OH)–C–C–N with tert-alkyl or cyclic N) is 1. The number of aliphatic hydroxyl groups is 1. The van der Waals surface area contributed by atoms with Gasteiger partial charge in [0.05, 0.1) is 17.7 Å².